The lowest BCUT2D eigenvalue weighted by Crippen LogP contribution is -2.23. The van der Waals surface area contributed by atoms with Crippen LogP contribution in [0.5, 0.6) is 0 Å². The molecule has 0 radical (unpaired) electrons. The third-order valence-corrected chi connectivity index (χ3v) is 4.17. The number of carbonyl (C=O) groups is 2. The molecule has 2 N–H and O–H groups in total. The molecule has 6 heteroatoms. The second-order valence-electron chi connectivity index (χ2n) is 5.81. The summed E-state index contributed by atoms with van der Waals surface area (Å²) in [7, 11) is 0. The van der Waals surface area contributed by atoms with Crippen LogP contribution in [0.4, 0.5) is 11.4 Å². The van der Waals surface area contributed by atoms with Crippen molar-refractivity contribution in [1.82, 2.24) is 5.32 Å². The monoisotopic (exact) mass is 323 g/mol. The normalized spacial score (nSPS) is 20.8. The molecule has 0 bridgehead atoms. The zero-order chi connectivity index (χ0) is 14.7. The average Bonchev–Trinajstić information content (AvgIpc) is 3.11. The first-order valence-corrected chi connectivity index (χ1v) is 7.63. The number of nitrogens with one attached hydrogen (secondary N) is 2. The highest BCUT2D eigenvalue weighted by atomic mass is 35.5. The van der Waals surface area contributed by atoms with Crippen LogP contribution in [0, 0.1) is 5.92 Å². The molecule has 22 heavy (non-hydrogen) atoms. The Bertz CT molecular complexity index is 527. The molecule has 0 aliphatic carbocycles. The summed E-state index contributed by atoms with van der Waals surface area (Å²) in [6.45, 7) is 2.74. The van der Waals surface area contributed by atoms with E-state index in [-0.39, 0.29) is 24.2 Å². The maximum absolute atomic E-state index is 12.0. The van der Waals surface area contributed by atoms with Gasteiger partial charge >= 0.3 is 0 Å². The highest BCUT2D eigenvalue weighted by molar-refractivity contribution is 5.96. The predicted octanol–water partition coefficient (Wildman–Crippen LogP) is 2.17. The molecule has 2 fully saturated rings. The second kappa shape index (κ2) is 7.61. The lowest BCUT2D eigenvalue weighted by molar-refractivity contribution is -0.117. The minimum absolute atomic E-state index is 0. The van der Waals surface area contributed by atoms with Gasteiger partial charge in [0.1, 0.15) is 0 Å². The van der Waals surface area contributed by atoms with Crippen LogP contribution in [0.2, 0.25) is 0 Å². The van der Waals surface area contributed by atoms with Crippen LogP contribution in [0.3, 0.4) is 0 Å². The van der Waals surface area contributed by atoms with Crippen LogP contribution >= 0.6 is 12.4 Å². The van der Waals surface area contributed by atoms with E-state index in [1.54, 1.807) is 4.90 Å². The highest BCUT2D eigenvalue weighted by Crippen LogP contribution is 2.23. The molecule has 1 unspecified atom stereocenters. The molecule has 5 nitrogen and oxygen atoms in total. The van der Waals surface area contributed by atoms with Crippen LogP contribution in [0.1, 0.15) is 25.7 Å². The molecule has 2 heterocycles. The smallest absolute Gasteiger partial charge is 0.227 e. The average molecular weight is 324 g/mol. The SMILES string of the molecule is Cl.O=C(CC1CCNC1)Nc1ccc(N2CCCC2=O)cc1. The summed E-state index contributed by atoms with van der Waals surface area (Å²) in [6, 6.07) is 7.53. The Morgan fingerprint density at radius 1 is 1.32 bits per heavy atom. The van der Waals surface area contributed by atoms with Crippen molar-refractivity contribution < 1.29 is 9.59 Å². The van der Waals surface area contributed by atoms with Crippen LogP contribution < -0.4 is 15.5 Å². The number of carbonyl (C=O) groups excluding carboxylic acids is 2. The molecule has 1 atom stereocenters. The fourth-order valence-corrected chi connectivity index (χ4v) is 3.01. The van der Waals surface area contributed by atoms with Crippen molar-refractivity contribution in [2.24, 2.45) is 5.92 Å². The quantitative estimate of drug-likeness (QED) is 0.892. The second-order valence-corrected chi connectivity index (χ2v) is 5.81. The van der Waals surface area contributed by atoms with Gasteiger partial charge in [-0.25, -0.2) is 0 Å². The summed E-state index contributed by atoms with van der Waals surface area (Å²) < 4.78 is 0. The summed E-state index contributed by atoms with van der Waals surface area (Å²) in [4.78, 5) is 25.4. The van der Waals surface area contributed by atoms with Gasteiger partial charge in [0.2, 0.25) is 11.8 Å². The van der Waals surface area contributed by atoms with Gasteiger partial charge in [0.05, 0.1) is 0 Å². The number of halogens is 1. The summed E-state index contributed by atoms with van der Waals surface area (Å²) in [5, 5.41) is 6.19. The minimum atomic E-state index is 0. The summed E-state index contributed by atoms with van der Waals surface area (Å²) in [5.74, 6) is 0.695. The lowest BCUT2D eigenvalue weighted by atomic mass is 10.0. The first kappa shape index (κ1) is 16.8. The van der Waals surface area contributed by atoms with Gasteiger partial charge < -0.3 is 15.5 Å². The van der Waals surface area contributed by atoms with Crippen molar-refractivity contribution in [3.05, 3.63) is 24.3 Å². The van der Waals surface area contributed by atoms with E-state index in [4.69, 9.17) is 0 Å². The minimum Gasteiger partial charge on any atom is -0.326 e. The highest BCUT2D eigenvalue weighted by Gasteiger charge is 2.21. The molecule has 0 saturated carbocycles. The first-order valence-electron chi connectivity index (χ1n) is 7.63. The third kappa shape index (κ3) is 3.99. The number of hydrogen-bond acceptors (Lipinski definition) is 3. The molecule has 2 amide bonds. The van der Waals surface area contributed by atoms with Crippen molar-refractivity contribution in [3.63, 3.8) is 0 Å². The molecule has 2 aliphatic heterocycles. The number of rotatable bonds is 4. The van der Waals surface area contributed by atoms with E-state index in [1.807, 2.05) is 24.3 Å². The summed E-state index contributed by atoms with van der Waals surface area (Å²) in [5.41, 5.74) is 1.71. The van der Waals surface area contributed by atoms with E-state index < -0.39 is 0 Å². The van der Waals surface area contributed by atoms with E-state index in [1.165, 1.54) is 0 Å². The Morgan fingerprint density at radius 2 is 2.09 bits per heavy atom. The molecule has 0 aromatic heterocycles. The molecule has 2 saturated heterocycles. The van der Waals surface area contributed by atoms with Crippen LogP contribution in [0.25, 0.3) is 0 Å². The standard InChI is InChI=1S/C16H21N3O2.ClH/c20-15(10-12-7-8-17-11-12)18-13-3-5-14(6-4-13)19-9-1-2-16(19)21;/h3-6,12,17H,1-2,7-11H2,(H,18,20);1H. The summed E-state index contributed by atoms with van der Waals surface area (Å²) in [6.07, 6.45) is 3.20. The molecular formula is C16H22ClN3O2. The molecule has 3 rings (SSSR count). The lowest BCUT2D eigenvalue weighted by Gasteiger charge is -2.16. The molecular weight excluding hydrogens is 302 g/mol. The van der Waals surface area contributed by atoms with Gasteiger partial charge in [0, 0.05) is 30.8 Å². The van der Waals surface area contributed by atoms with Gasteiger partial charge in [-0.1, -0.05) is 0 Å². The number of benzene rings is 1. The van der Waals surface area contributed by atoms with E-state index in [9.17, 15) is 9.59 Å². The van der Waals surface area contributed by atoms with E-state index in [0.717, 1.165) is 43.9 Å². The topological polar surface area (TPSA) is 61.4 Å². The number of amides is 2. The van der Waals surface area contributed by atoms with Crippen molar-refractivity contribution in [2.45, 2.75) is 25.7 Å². The van der Waals surface area contributed by atoms with Crippen LogP contribution in [-0.4, -0.2) is 31.4 Å². The molecule has 0 spiro atoms. The number of anilines is 2. The summed E-state index contributed by atoms with van der Waals surface area (Å²) >= 11 is 0. The van der Waals surface area contributed by atoms with E-state index >= 15 is 0 Å². The van der Waals surface area contributed by atoms with Gasteiger partial charge in [0.25, 0.3) is 0 Å². The van der Waals surface area contributed by atoms with E-state index in [2.05, 4.69) is 10.6 Å². The van der Waals surface area contributed by atoms with E-state index in [0.29, 0.717) is 18.8 Å². The van der Waals surface area contributed by atoms with Crippen molar-refractivity contribution in [1.29, 1.82) is 0 Å². The number of hydrogen-bond donors (Lipinski definition) is 2. The van der Waals surface area contributed by atoms with Gasteiger partial charge in [-0.15, -0.1) is 12.4 Å². The fourth-order valence-electron chi connectivity index (χ4n) is 3.01. The van der Waals surface area contributed by atoms with Gasteiger partial charge in [0.15, 0.2) is 0 Å². The largest absolute Gasteiger partial charge is 0.326 e. The van der Waals surface area contributed by atoms with Crippen LogP contribution in [-0.2, 0) is 9.59 Å². The van der Waals surface area contributed by atoms with Crippen molar-refractivity contribution in [2.75, 3.05) is 29.9 Å². The maximum Gasteiger partial charge on any atom is 0.227 e. The number of nitrogens with zero attached hydrogens (tertiary/aromatic N) is 1. The molecule has 1 aromatic carbocycles. The Hall–Kier alpha value is -1.59. The predicted molar refractivity (Wildman–Crippen MR) is 89.5 cm³/mol. The zero-order valence-electron chi connectivity index (χ0n) is 12.5. The van der Waals surface area contributed by atoms with Gasteiger partial charge in [-0.05, 0) is 56.1 Å². The first-order chi connectivity index (χ1) is 10.2. The Morgan fingerprint density at radius 3 is 2.68 bits per heavy atom. The molecule has 120 valence electrons. The zero-order valence-corrected chi connectivity index (χ0v) is 13.3. The fraction of sp³-hybridized carbons (Fsp3) is 0.500. The Kier molecular flexibility index (Phi) is 5.80. The van der Waals surface area contributed by atoms with Crippen molar-refractivity contribution in [3.8, 4) is 0 Å². The third-order valence-electron chi connectivity index (χ3n) is 4.17. The molecule has 1 aromatic rings. The Balaban J connectivity index is 0.00000176. The van der Waals surface area contributed by atoms with Gasteiger partial charge in [-0.3, -0.25) is 9.59 Å². The maximum atomic E-state index is 12.0. The van der Waals surface area contributed by atoms with Gasteiger partial charge in [-0.2, -0.15) is 0 Å². The van der Waals surface area contributed by atoms with Crippen LogP contribution in [0.15, 0.2) is 24.3 Å². The van der Waals surface area contributed by atoms with Crippen molar-refractivity contribution >= 4 is 35.6 Å². The molecule has 2 aliphatic rings. The Labute approximate surface area is 136 Å².